The van der Waals surface area contributed by atoms with Gasteiger partial charge in [-0.1, -0.05) is 30.5 Å². The average molecular weight is 531 g/mol. The maximum atomic E-state index is 4.34. The zero-order valence-electron chi connectivity index (χ0n) is 22.7. The van der Waals surface area contributed by atoms with Gasteiger partial charge >= 0.3 is 11.9 Å². The lowest BCUT2D eigenvalue weighted by molar-refractivity contribution is -0.657. The Labute approximate surface area is 231 Å². The summed E-state index contributed by atoms with van der Waals surface area (Å²) >= 11 is 0. The van der Waals surface area contributed by atoms with Crippen molar-refractivity contribution in [2.24, 2.45) is 48.6 Å². The number of aryl methyl sites for hydroxylation is 4. The molecule has 0 amide bonds. The van der Waals surface area contributed by atoms with Gasteiger partial charge in [0.15, 0.2) is 0 Å². The monoisotopic (exact) mass is 530 g/mol. The van der Waals surface area contributed by atoms with Crippen molar-refractivity contribution < 1.29 is 9.13 Å². The number of aromatic nitrogens is 4. The van der Waals surface area contributed by atoms with Crippen molar-refractivity contribution in [1.29, 1.82) is 0 Å². The molecule has 2 heterocycles. The summed E-state index contributed by atoms with van der Waals surface area (Å²) in [5.41, 5.74) is 3.89. The molecule has 0 bridgehead atoms. The van der Waals surface area contributed by atoms with Gasteiger partial charge in [-0.2, -0.15) is 0 Å². The quantitative estimate of drug-likeness (QED) is 0.116. The molecule has 10 nitrogen and oxygen atoms in total. The van der Waals surface area contributed by atoms with Gasteiger partial charge in [0, 0.05) is 34.7 Å². The molecule has 0 saturated heterocycles. The van der Waals surface area contributed by atoms with Crippen LogP contribution in [0.3, 0.4) is 0 Å². The molecular weight excluding hydrogens is 488 g/mol. The first kappa shape index (κ1) is 29.2. The Morgan fingerprint density at radius 3 is 1.31 bits per heavy atom. The third kappa shape index (κ3) is 8.59. The zero-order valence-corrected chi connectivity index (χ0v) is 22.7. The number of imidazole rings is 2. The molecule has 0 atom stereocenters. The van der Waals surface area contributed by atoms with Crippen molar-refractivity contribution in [3.8, 4) is 0 Å². The number of nitrogens with zero attached hydrogens (tertiary/aromatic N) is 8. The third-order valence-electron chi connectivity index (χ3n) is 6.30. The number of nitrogens with one attached hydrogen (secondary N) is 2. The van der Waals surface area contributed by atoms with E-state index in [1.54, 1.807) is 0 Å². The van der Waals surface area contributed by atoms with Crippen molar-refractivity contribution in [3.63, 3.8) is 0 Å². The van der Waals surface area contributed by atoms with Crippen molar-refractivity contribution in [2.45, 2.75) is 33.1 Å². The average Bonchev–Trinajstić information content (AvgIpc) is 3.43. The van der Waals surface area contributed by atoms with Gasteiger partial charge in [-0.3, -0.25) is 0 Å². The van der Waals surface area contributed by atoms with Crippen molar-refractivity contribution >= 4 is 34.6 Å². The molecule has 0 aliphatic heterocycles. The molecule has 2 aromatic heterocycles. The van der Waals surface area contributed by atoms with Crippen LogP contribution in [0.4, 0.5) is 34.6 Å². The second-order valence-corrected chi connectivity index (χ2v) is 9.40. The molecule has 39 heavy (non-hydrogen) atoms. The van der Waals surface area contributed by atoms with Crippen LogP contribution in [0.25, 0.3) is 0 Å². The maximum Gasteiger partial charge on any atom is 0.421 e. The topological polar surface area (TPSA) is 91.1 Å². The van der Waals surface area contributed by atoms with Crippen molar-refractivity contribution in [3.05, 3.63) is 73.3 Å². The lowest BCUT2D eigenvalue weighted by Gasteiger charge is -2.08. The summed E-state index contributed by atoms with van der Waals surface area (Å²) in [4.78, 5) is 0. The minimum Gasteiger partial charge on any atom is -0.385 e. The molecule has 10 heteroatoms. The number of unbranched alkanes of at least 4 members (excludes halogenated alkanes) is 3. The van der Waals surface area contributed by atoms with Crippen LogP contribution in [0.1, 0.15) is 33.1 Å². The molecule has 0 spiro atoms. The van der Waals surface area contributed by atoms with Gasteiger partial charge < -0.3 is 10.6 Å². The highest BCUT2D eigenvalue weighted by molar-refractivity contribution is 5.51. The van der Waals surface area contributed by atoms with E-state index < -0.39 is 0 Å². The smallest absolute Gasteiger partial charge is 0.385 e. The van der Waals surface area contributed by atoms with E-state index in [0.29, 0.717) is 0 Å². The molecule has 2 aromatic carbocycles. The van der Waals surface area contributed by atoms with Crippen LogP contribution >= 0.6 is 0 Å². The molecule has 0 aliphatic carbocycles. The lowest BCUT2D eigenvalue weighted by atomic mass is 10.2. The van der Waals surface area contributed by atoms with Gasteiger partial charge in [-0.05, 0) is 61.4 Å². The van der Waals surface area contributed by atoms with E-state index in [2.05, 4.69) is 55.4 Å². The number of anilines is 2. The van der Waals surface area contributed by atoms with E-state index in [9.17, 15) is 0 Å². The predicted molar refractivity (Wildman–Crippen MR) is 157 cm³/mol. The molecule has 0 aliphatic rings. The standard InChI is InChI=1S/C28H36N10.CH4/c1-35-19-20-36(2)27(35)33-31-25-13-9-23(10-14-25)29-17-7-5-6-8-18-30-24-11-15-26(16-12-24)32-34-28-37(3)21-22-38(28)4;/h9-16,19-22H,5-8,17-18H2,1-4H3;1H4/p+2. The highest BCUT2D eigenvalue weighted by Gasteiger charge is 2.11. The van der Waals surface area contributed by atoms with Crippen LogP contribution < -0.4 is 19.8 Å². The molecule has 4 rings (SSSR count). The maximum absolute atomic E-state index is 4.34. The first-order valence-corrected chi connectivity index (χ1v) is 13.0. The minimum atomic E-state index is 0. The fourth-order valence-corrected chi connectivity index (χ4v) is 4.01. The van der Waals surface area contributed by atoms with Crippen LogP contribution in [0.15, 0.2) is 93.8 Å². The Bertz CT molecular complexity index is 1200. The number of benzene rings is 2. The fourth-order valence-electron chi connectivity index (χ4n) is 4.01. The number of azo groups is 2. The second-order valence-electron chi connectivity index (χ2n) is 9.40. The third-order valence-corrected chi connectivity index (χ3v) is 6.30. The SMILES string of the molecule is C.Cn1cc[n+](C)c1N=Nc1ccc(NCCCCCCNc2ccc(N=Nc3n(C)cc[n+]3C)cc2)cc1. The van der Waals surface area contributed by atoms with Crippen molar-refractivity contribution in [1.82, 2.24) is 9.13 Å². The summed E-state index contributed by atoms with van der Waals surface area (Å²) in [7, 11) is 7.83. The van der Waals surface area contributed by atoms with Gasteiger partial charge in [0.2, 0.25) is 0 Å². The molecule has 2 N–H and O–H groups in total. The van der Waals surface area contributed by atoms with E-state index in [0.717, 1.165) is 60.6 Å². The van der Waals surface area contributed by atoms with E-state index in [4.69, 9.17) is 0 Å². The van der Waals surface area contributed by atoms with E-state index in [1.807, 2.05) is 95.5 Å². The van der Waals surface area contributed by atoms with E-state index >= 15 is 0 Å². The highest BCUT2D eigenvalue weighted by Crippen LogP contribution is 2.20. The zero-order chi connectivity index (χ0) is 26.7. The van der Waals surface area contributed by atoms with Gasteiger partial charge in [-0.25, -0.2) is 18.3 Å². The van der Waals surface area contributed by atoms with E-state index in [-0.39, 0.29) is 7.43 Å². The molecule has 0 radical (unpaired) electrons. The van der Waals surface area contributed by atoms with Crippen LogP contribution in [0, 0.1) is 0 Å². The van der Waals surface area contributed by atoms with Gasteiger partial charge in [0.1, 0.15) is 11.4 Å². The minimum absolute atomic E-state index is 0. The summed E-state index contributed by atoms with van der Waals surface area (Å²) in [6, 6.07) is 16.2. The van der Waals surface area contributed by atoms with E-state index in [1.165, 1.54) is 12.8 Å². The molecule has 206 valence electrons. The Hall–Kier alpha value is -4.34. The van der Waals surface area contributed by atoms with Crippen LogP contribution in [-0.4, -0.2) is 22.2 Å². The second kappa shape index (κ2) is 14.6. The number of hydrogen-bond donors (Lipinski definition) is 2. The van der Waals surface area contributed by atoms with Crippen LogP contribution in [0.5, 0.6) is 0 Å². The Balaban J connectivity index is 0.00000420. The largest absolute Gasteiger partial charge is 0.421 e. The summed E-state index contributed by atoms with van der Waals surface area (Å²) in [6.07, 6.45) is 12.5. The summed E-state index contributed by atoms with van der Waals surface area (Å²) in [5.74, 6) is 1.60. The molecule has 4 aromatic rings. The molecule has 0 fully saturated rings. The summed E-state index contributed by atoms with van der Waals surface area (Å²) in [6.45, 7) is 1.93. The van der Waals surface area contributed by atoms with Crippen LogP contribution in [-0.2, 0) is 28.2 Å². The van der Waals surface area contributed by atoms with Gasteiger partial charge in [0.25, 0.3) is 0 Å². The first-order chi connectivity index (χ1) is 18.5. The number of rotatable bonds is 13. The normalized spacial score (nSPS) is 11.3. The summed E-state index contributed by atoms with van der Waals surface area (Å²) < 4.78 is 7.76. The summed E-state index contributed by atoms with van der Waals surface area (Å²) in [5, 5.41) is 24.3. The molecule has 0 unspecified atom stereocenters. The van der Waals surface area contributed by atoms with Gasteiger partial charge in [-0.15, -0.1) is 0 Å². The molecule has 0 saturated carbocycles. The number of hydrogen-bond acceptors (Lipinski definition) is 6. The highest BCUT2D eigenvalue weighted by atomic mass is 15.3. The van der Waals surface area contributed by atoms with Crippen LogP contribution in [0.2, 0.25) is 0 Å². The Morgan fingerprint density at radius 1 is 0.590 bits per heavy atom. The predicted octanol–water partition coefficient (Wildman–Crippen LogP) is 6.56. The molecular formula is C29H42N10+2. The Morgan fingerprint density at radius 2 is 0.974 bits per heavy atom. The fraction of sp³-hybridized carbons (Fsp3) is 0.379. The van der Waals surface area contributed by atoms with Crippen molar-refractivity contribution in [2.75, 3.05) is 23.7 Å². The Kier molecular flexibility index (Phi) is 10.9. The lowest BCUT2D eigenvalue weighted by Crippen LogP contribution is -2.25. The first-order valence-electron chi connectivity index (χ1n) is 13.0. The van der Waals surface area contributed by atoms with Gasteiger partial charge in [0.05, 0.1) is 53.0 Å².